The van der Waals surface area contributed by atoms with Crippen LogP contribution < -0.4 is 5.48 Å². The van der Waals surface area contributed by atoms with E-state index in [9.17, 15) is 31.8 Å². The average molecular weight is 511 g/mol. The third-order valence-corrected chi connectivity index (χ3v) is 8.61. The number of hydrogen-bond acceptors (Lipinski definition) is 5. The van der Waals surface area contributed by atoms with E-state index in [1.54, 1.807) is 21.9 Å². The van der Waals surface area contributed by atoms with Gasteiger partial charge in [-0.15, -0.1) is 0 Å². The lowest BCUT2D eigenvalue weighted by molar-refractivity contribution is -0.181. The van der Waals surface area contributed by atoms with Gasteiger partial charge in [0.15, 0.2) is 6.17 Å². The second-order valence-corrected chi connectivity index (χ2v) is 10.6. The smallest absolute Gasteiger partial charge is 0.306 e. The number of pyridine rings is 1. The highest BCUT2D eigenvalue weighted by Gasteiger charge is 2.48. The summed E-state index contributed by atoms with van der Waals surface area (Å²) in [5.41, 5.74) is 2.95. The van der Waals surface area contributed by atoms with Crippen LogP contribution in [0.1, 0.15) is 56.7 Å². The molecule has 0 bridgehead atoms. The van der Waals surface area contributed by atoms with E-state index in [-0.39, 0.29) is 12.3 Å². The molecule has 1 fully saturated rings. The Balaban J connectivity index is 1.98. The summed E-state index contributed by atoms with van der Waals surface area (Å²) in [6, 6.07) is 3.36. The molecule has 1 aromatic rings. The fourth-order valence-electron chi connectivity index (χ4n) is 3.99. The number of carbonyl (C=O) groups excluding carboxylic acids is 1. The van der Waals surface area contributed by atoms with Crippen LogP contribution in [0.4, 0.5) is 17.6 Å². The number of piperidine rings is 1. The Morgan fingerprint density at radius 3 is 2.47 bits per heavy atom. The number of hydroxylamine groups is 1. The first kappa shape index (κ1) is 28.6. The molecule has 7 nitrogen and oxygen atoms in total. The molecule has 194 valence electrons. The summed E-state index contributed by atoms with van der Waals surface area (Å²) >= 11 is 0. The van der Waals surface area contributed by atoms with E-state index in [1.807, 2.05) is 25.8 Å². The van der Waals surface area contributed by atoms with Crippen LogP contribution in [0, 0.1) is 0 Å². The third-order valence-electron chi connectivity index (χ3n) is 6.44. The Hall–Kier alpha value is -1.63. The molecule has 0 aromatic carbocycles. The van der Waals surface area contributed by atoms with Gasteiger partial charge in [0.25, 0.3) is 5.91 Å². The van der Waals surface area contributed by atoms with Crippen LogP contribution >= 0.6 is 0 Å². The lowest BCUT2D eigenvalue weighted by atomic mass is 9.95. The number of likely N-dealkylation sites (tertiary alicyclic amines) is 1. The number of hydrogen-bond donors (Lipinski definition) is 2. The van der Waals surface area contributed by atoms with E-state index in [0.29, 0.717) is 51.0 Å². The predicted octanol–water partition coefficient (Wildman–Crippen LogP) is 3.36. The maximum Gasteiger partial charge on any atom is 0.419 e. The predicted molar refractivity (Wildman–Crippen MR) is 121 cm³/mol. The lowest BCUT2D eigenvalue weighted by Gasteiger charge is -2.40. The number of amides is 1. The lowest BCUT2D eigenvalue weighted by Crippen LogP contribution is -2.58. The summed E-state index contributed by atoms with van der Waals surface area (Å²) < 4.78 is 64.1. The van der Waals surface area contributed by atoms with Crippen molar-refractivity contribution in [1.29, 1.82) is 0 Å². The summed E-state index contributed by atoms with van der Waals surface area (Å²) in [5, 5.41) is 9.27. The van der Waals surface area contributed by atoms with Gasteiger partial charge in [0.2, 0.25) is 0 Å². The quantitative estimate of drug-likeness (QED) is 0.271. The number of carbonyl (C=O) groups is 1. The molecule has 0 spiro atoms. The molecular formula is C22H34F4N4O3S. The third kappa shape index (κ3) is 7.19. The SMILES string of the molecule is CCN(CCC(C)c1ccc(CCC(F)C(F)(F)F)cn1)S(=O)C1(C(=O)NO)CCN(C)CC1. The van der Waals surface area contributed by atoms with Crippen molar-refractivity contribution in [3.63, 3.8) is 0 Å². The first-order chi connectivity index (χ1) is 15.9. The summed E-state index contributed by atoms with van der Waals surface area (Å²) in [4.78, 5) is 18.9. The summed E-state index contributed by atoms with van der Waals surface area (Å²) in [6.45, 7) is 5.86. The fraction of sp³-hybridized carbons (Fsp3) is 0.727. The minimum absolute atomic E-state index is 0.0377. The molecule has 0 radical (unpaired) electrons. The molecule has 2 N–H and O–H groups in total. The van der Waals surface area contributed by atoms with Crippen molar-refractivity contribution in [2.24, 2.45) is 0 Å². The molecule has 1 aliphatic rings. The van der Waals surface area contributed by atoms with E-state index in [4.69, 9.17) is 0 Å². The monoisotopic (exact) mass is 510 g/mol. The van der Waals surface area contributed by atoms with Crippen LogP contribution in [0.2, 0.25) is 0 Å². The number of aromatic nitrogens is 1. The first-order valence-corrected chi connectivity index (χ1v) is 12.5. The van der Waals surface area contributed by atoms with Gasteiger partial charge in [0, 0.05) is 25.0 Å². The van der Waals surface area contributed by atoms with Crippen molar-refractivity contribution in [1.82, 2.24) is 19.7 Å². The summed E-state index contributed by atoms with van der Waals surface area (Å²) in [7, 11) is 0.272. The Kier molecular flexibility index (Phi) is 10.4. The van der Waals surface area contributed by atoms with Gasteiger partial charge >= 0.3 is 6.18 Å². The molecular weight excluding hydrogens is 476 g/mol. The Morgan fingerprint density at radius 1 is 1.32 bits per heavy atom. The molecule has 0 aliphatic carbocycles. The second kappa shape index (κ2) is 12.4. The standard InChI is InChI=1S/C22H34F4N4O3S/c1-4-30(34(33)21(20(31)28-32)10-13-29(3)14-11-21)12-9-16(2)18-7-5-17(15-27-18)6-8-19(23)22(24,25)26/h5,7,15-16,19,32H,4,6,8-14H2,1-3H3,(H,28,31). The number of nitrogens with one attached hydrogen (secondary N) is 1. The molecule has 1 aromatic heterocycles. The number of aryl methyl sites for hydroxylation is 1. The highest BCUT2D eigenvalue weighted by molar-refractivity contribution is 7.85. The zero-order valence-electron chi connectivity index (χ0n) is 19.8. The maximum absolute atomic E-state index is 13.5. The van der Waals surface area contributed by atoms with Crippen molar-refractivity contribution in [3.05, 3.63) is 29.6 Å². The summed E-state index contributed by atoms with van der Waals surface area (Å²) in [6.07, 6.45) is -5.62. The molecule has 3 atom stereocenters. The van der Waals surface area contributed by atoms with E-state index in [2.05, 4.69) is 4.98 Å². The van der Waals surface area contributed by atoms with Crippen molar-refractivity contribution in [2.45, 2.75) is 69.0 Å². The van der Waals surface area contributed by atoms with Gasteiger partial charge in [-0.05, 0) is 69.8 Å². The maximum atomic E-state index is 13.5. The molecule has 1 aliphatic heterocycles. The van der Waals surface area contributed by atoms with Gasteiger partial charge in [0.05, 0.1) is 0 Å². The number of nitrogens with zero attached hydrogens (tertiary/aromatic N) is 3. The van der Waals surface area contributed by atoms with Crippen LogP contribution in [-0.4, -0.2) is 79.8 Å². The molecule has 2 heterocycles. The van der Waals surface area contributed by atoms with E-state index in [0.717, 1.165) is 5.69 Å². The molecule has 1 amide bonds. The zero-order chi connectivity index (χ0) is 25.5. The minimum atomic E-state index is -4.85. The molecule has 34 heavy (non-hydrogen) atoms. The highest BCUT2D eigenvalue weighted by Crippen LogP contribution is 2.31. The van der Waals surface area contributed by atoms with Crippen LogP contribution in [-0.2, 0) is 22.2 Å². The molecule has 0 saturated carbocycles. The number of alkyl halides is 4. The Morgan fingerprint density at radius 2 is 1.97 bits per heavy atom. The molecule has 1 saturated heterocycles. The van der Waals surface area contributed by atoms with E-state index >= 15 is 0 Å². The largest absolute Gasteiger partial charge is 0.419 e. The number of halogens is 4. The van der Waals surface area contributed by atoms with Crippen LogP contribution in [0.3, 0.4) is 0 Å². The molecule has 3 unspecified atom stereocenters. The van der Waals surface area contributed by atoms with Crippen molar-refractivity contribution in [2.75, 3.05) is 33.2 Å². The van der Waals surface area contributed by atoms with Gasteiger partial charge in [0.1, 0.15) is 15.7 Å². The number of rotatable bonds is 11. The normalized spacial score (nSPS) is 19.6. The topological polar surface area (TPSA) is 85.8 Å². The summed E-state index contributed by atoms with van der Waals surface area (Å²) in [5.74, 6) is -0.673. The van der Waals surface area contributed by atoms with Gasteiger partial charge in [-0.1, -0.05) is 19.9 Å². The van der Waals surface area contributed by atoms with Crippen LogP contribution in [0.5, 0.6) is 0 Å². The highest BCUT2D eigenvalue weighted by atomic mass is 32.2. The van der Waals surface area contributed by atoms with Crippen molar-refractivity contribution in [3.8, 4) is 0 Å². The van der Waals surface area contributed by atoms with Crippen molar-refractivity contribution < 1.29 is 31.8 Å². The van der Waals surface area contributed by atoms with E-state index in [1.165, 1.54) is 6.20 Å². The first-order valence-electron chi connectivity index (χ1n) is 11.4. The van der Waals surface area contributed by atoms with Crippen molar-refractivity contribution >= 4 is 16.9 Å². The Bertz CT molecular complexity index is 817. The van der Waals surface area contributed by atoms with Gasteiger partial charge in [-0.3, -0.25) is 15.0 Å². The van der Waals surface area contributed by atoms with Crippen LogP contribution in [0.15, 0.2) is 18.3 Å². The Labute approximate surface area is 200 Å². The van der Waals surface area contributed by atoms with Gasteiger partial charge in [-0.2, -0.15) is 13.2 Å². The second-order valence-electron chi connectivity index (χ2n) is 8.84. The molecule has 2 rings (SSSR count). The van der Waals surface area contributed by atoms with Gasteiger partial charge < -0.3 is 4.90 Å². The zero-order valence-corrected chi connectivity index (χ0v) is 20.6. The minimum Gasteiger partial charge on any atom is -0.306 e. The average Bonchev–Trinajstić information content (AvgIpc) is 2.82. The van der Waals surface area contributed by atoms with Crippen LogP contribution in [0.25, 0.3) is 0 Å². The van der Waals surface area contributed by atoms with E-state index < -0.39 is 40.4 Å². The fourth-order valence-corrected chi connectivity index (χ4v) is 5.72. The van der Waals surface area contributed by atoms with Gasteiger partial charge in [-0.25, -0.2) is 18.4 Å². The molecule has 12 heteroatoms.